The first-order chi connectivity index (χ1) is 7.88. The summed E-state index contributed by atoms with van der Waals surface area (Å²) in [5.41, 5.74) is 0.616. The Morgan fingerprint density at radius 1 is 1.35 bits per heavy atom. The second kappa shape index (κ2) is 4.06. The summed E-state index contributed by atoms with van der Waals surface area (Å²) in [4.78, 5) is 11.5. The van der Waals surface area contributed by atoms with Crippen LogP contribution in [0, 0.1) is 5.92 Å². The molecule has 0 aliphatic heterocycles. The summed E-state index contributed by atoms with van der Waals surface area (Å²) in [6, 6.07) is 4.95. The van der Waals surface area contributed by atoms with Crippen LogP contribution in [0.3, 0.4) is 0 Å². The first-order valence-electron chi connectivity index (χ1n) is 5.93. The summed E-state index contributed by atoms with van der Waals surface area (Å²) in [6.07, 6.45) is 1.87. The highest BCUT2D eigenvalue weighted by Gasteiger charge is 2.32. The van der Waals surface area contributed by atoms with Gasteiger partial charge in [-0.2, -0.15) is 0 Å². The molecule has 1 aromatic carbocycles. The van der Waals surface area contributed by atoms with Crippen LogP contribution in [0.25, 0.3) is 0 Å². The smallest absolute Gasteiger partial charge is 0.314 e. The predicted octanol–water partition coefficient (Wildman–Crippen LogP) is 3.01. The highest BCUT2D eigenvalue weighted by atomic mass is 16.5. The Morgan fingerprint density at radius 2 is 2.00 bits per heavy atom. The lowest BCUT2D eigenvalue weighted by Crippen LogP contribution is -2.13. The molecule has 92 valence electrons. The second-order valence-corrected chi connectivity index (χ2v) is 5.62. The molecule has 1 N–H and O–H groups in total. The Balaban J connectivity index is 2.21. The molecule has 2 rings (SSSR count). The number of benzene rings is 1. The average molecular weight is 234 g/mol. The maximum Gasteiger partial charge on any atom is 0.314 e. The number of carbonyl (C=O) groups is 1. The number of aromatic hydroxyl groups is 1. The topological polar surface area (TPSA) is 46.5 Å². The normalized spacial score (nSPS) is 15.7. The standard InChI is InChI=1S/C14H18O3/c1-14(2,3)11-8-10(6-7-12(11)15)17-13(16)9-4-5-9/h6-9,15H,4-5H2,1-3H3. The molecule has 1 aliphatic rings. The van der Waals surface area contributed by atoms with Crippen molar-refractivity contribution in [2.24, 2.45) is 5.92 Å². The van der Waals surface area contributed by atoms with Gasteiger partial charge in [0.05, 0.1) is 5.92 Å². The number of phenolic OH excluding ortho intramolecular Hbond substituents is 1. The van der Waals surface area contributed by atoms with Crippen molar-refractivity contribution >= 4 is 5.97 Å². The minimum atomic E-state index is -0.175. The summed E-state index contributed by atoms with van der Waals surface area (Å²) < 4.78 is 5.28. The van der Waals surface area contributed by atoms with Crippen LogP contribution >= 0.6 is 0 Å². The van der Waals surface area contributed by atoms with Gasteiger partial charge in [-0.1, -0.05) is 20.8 Å². The Labute approximate surface area is 101 Å². The van der Waals surface area contributed by atoms with Crippen LogP contribution in [0.1, 0.15) is 39.2 Å². The maximum absolute atomic E-state index is 11.5. The molecule has 0 saturated heterocycles. The van der Waals surface area contributed by atoms with E-state index in [0.29, 0.717) is 5.75 Å². The third-order valence-corrected chi connectivity index (χ3v) is 2.91. The van der Waals surface area contributed by atoms with Gasteiger partial charge in [-0.05, 0) is 36.5 Å². The van der Waals surface area contributed by atoms with Gasteiger partial charge in [-0.15, -0.1) is 0 Å². The molecule has 0 amide bonds. The van der Waals surface area contributed by atoms with Crippen molar-refractivity contribution in [3.8, 4) is 11.5 Å². The van der Waals surface area contributed by atoms with Crippen molar-refractivity contribution in [1.82, 2.24) is 0 Å². The quantitative estimate of drug-likeness (QED) is 0.632. The first-order valence-corrected chi connectivity index (χ1v) is 5.93. The number of rotatable bonds is 2. The summed E-state index contributed by atoms with van der Waals surface area (Å²) in [5, 5.41) is 9.79. The molecule has 17 heavy (non-hydrogen) atoms. The molecule has 1 fully saturated rings. The Kier molecular flexibility index (Phi) is 2.86. The number of phenols is 1. The first kappa shape index (κ1) is 12.0. The van der Waals surface area contributed by atoms with Crippen molar-refractivity contribution in [3.05, 3.63) is 23.8 Å². The molecule has 0 spiro atoms. The number of hydrogen-bond donors (Lipinski definition) is 1. The van der Waals surface area contributed by atoms with Crippen molar-refractivity contribution < 1.29 is 14.6 Å². The molecule has 1 aliphatic carbocycles. The fourth-order valence-corrected chi connectivity index (χ4v) is 1.70. The highest BCUT2D eigenvalue weighted by molar-refractivity contribution is 5.77. The molecule has 0 heterocycles. The highest BCUT2D eigenvalue weighted by Crippen LogP contribution is 2.35. The summed E-state index contributed by atoms with van der Waals surface area (Å²) in [7, 11) is 0. The molecule has 1 saturated carbocycles. The van der Waals surface area contributed by atoms with Gasteiger partial charge in [-0.25, -0.2) is 0 Å². The molecular formula is C14H18O3. The van der Waals surface area contributed by atoms with E-state index in [2.05, 4.69) is 0 Å². The Hall–Kier alpha value is -1.51. The summed E-state index contributed by atoms with van der Waals surface area (Å²) in [6.45, 7) is 6.03. The molecule has 0 radical (unpaired) electrons. The van der Waals surface area contributed by atoms with Crippen LogP contribution in [0.5, 0.6) is 11.5 Å². The third-order valence-electron chi connectivity index (χ3n) is 2.91. The minimum absolute atomic E-state index is 0.0851. The van der Waals surface area contributed by atoms with E-state index in [0.717, 1.165) is 18.4 Å². The average Bonchev–Trinajstić information content (AvgIpc) is 3.02. The zero-order valence-corrected chi connectivity index (χ0v) is 10.5. The van der Waals surface area contributed by atoms with Crippen molar-refractivity contribution in [3.63, 3.8) is 0 Å². The SMILES string of the molecule is CC(C)(C)c1cc(OC(=O)C2CC2)ccc1O. The lowest BCUT2D eigenvalue weighted by atomic mass is 9.86. The zero-order valence-electron chi connectivity index (χ0n) is 10.5. The number of carbonyl (C=O) groups excluding carboxylic acids is 1. The maximum atomic E-state index is 11.5. The van der Waals surface area contributed by atoms with Gasteiger partial charge in [0, 0.05) is 5.56 Å². The monoisotopic (exact) mass is 234 g/mol. The Morgan fingerprint density at radius 3 is 2.53 bits per heavy atom. The minimum Gasteiger partial charge on any atom is -0.508 e. The fraction of sp³-hybridized carbons (Fsp3) is 0.500. The van der Waals surface area contributed by atoms with E-state index in [4.69, 9.17) is 4.74 Å². The number of ether oxygens (including phenoxy) is 1. The van der Waals surface area contributed by atoms with Gasteiger partial charge in [-0.3, -0.25) is 4.79 Å². The van der Waals surface area contributed by atoms with E-state index >= 15 is 0 Å². The van der Waals surface area contributed by atoms with Gasteiger partial charge >= 0.3 is 5.97 Å². The van der Waals surface area contributed by atoms with E-state index in [9.17, 15) is 9.90 Å². The molecule has 3 heteroatoms. The molecule has 0 bridgehead atoms. The molecule has 0 aromatic heterocycles. The van der Waals surface area contributed by atoms with E-state index in [-0.39, 0.29) is 23.1 Å². The third kappa shape index (κ3) is 2.78. The van der Waals surface area contributed by atoms with Crippen LogP contribution in [-0.4, -0.2) is 11.1 Å². The molecule has 3 nitrogen and oxygen atoms in total. The van der Waals surface area contributed by atoms with Crippen molar-refractivity contribution in [2.75, 3.05) is 0 Å². The number of esters is 1. The van der Waals surface area contributed by atoms with Crippen molar-refractivity contribution in [2.45, 2.75) is 39.0 Å². The van der Waals surface area contributed by atoms with E-state index in [1.54, 1.807) is 18.2 Å². The molecule has 0 atom stereocenters. The van der Waals surface area contributed by atoms with Gasteiger partial charge in [0.25, 0.3) is 0 Å². The molecule has 1 aromatic rings. The number of hydrogen-bond acceptors (Lipinski definition) is 3. The van der Waals surface area contributed by atoms with Crippen LogP contribution in [0.2, 0.25) is 0 Å². The van der Waals surface area contributed by atoms with E-state index < -0.39 is 0 Å². The fourth-order valence-electron chi connectivity index (χ4n) is 1.70. The Bertz CT molecular complexity index is 439. The van der Waals surface area contributed by atoms with Gasteiger partial charge < -0.3 is 9.84 Å². The van der Waals surface area contributed by atoms with Crippen LogP contribution in [-0.2, 0) is 10.2 Å². The zero-order chi connectivity index (χ0) is 12.6. The van der Waals surface area contributed by atoms with Crippen LogP contribution in [0.4, 0.5) is 0 Å². The van der Waals surface area contributed by atoms with Crippen LogP contribution in [0.15, 0.2) is 18.2 Å². The summed E-state index contributed by atoms with van der Waals surface area (Å²) >= 11 is 0. The molecule has 0 unspecified atom stereocenters. The van der Waals surface area contributed by atoms with E-state index in [1.807, 2.05) is 20.8 Å². The lowest BCUT2D eigenvalue weighted by molar-refractivity contribution is -0.135. The van der Waals surface area contributed by atoms with Crippen LogP contribution < -0.4 is 4.74 Å². The predicted molar refractivity (Wildman–Crippen MR) is 65.2 cm³/mol. The second-order valence-electron chi connectivity index (χ2n) is 5.62. The molecular weight excluding hydrogens is 216 g/mol. The van der Waals surface area contributed by atoms with E-state index in [1.165, 1.54) is 0 Å². The van der Waals surface area contributed by atoms with Crippen molar-refractivity contribution in [1.29, 1.82) is 0 Å². The largest absolute Gasteiger partial charge is 0.508 e. The van der Waals surface area contributed by atoms with Gasteiger partial charge in [0.15, 0.2) is 0 Å². The van der Waals surface area contributed by atoms with Gasteiger partial charge in [0.1, 0.15) is 11.5 Å². The summed E-state index contributed by atoms with van der Waals surface area (Å²) in [5.74, 6) is 0.686. The lowest BCUT2D eigenvalue weighted by Gasteiger charge is -2.21. The van der Waals surface area contributed by atoms with Gasteiger partial charge in [0.2, 0.25) is 0 Å².